The van der Waals surface area contributed by atoms with Gasteiger partial charge in [-0.1, -0.05) is 6.92 Å². The molecule has 0 saturated carbocycles. The highest BCUT2D eigenvalue weighted by molar-refractivity contribution is 9.10. The number of nitrogens with one attached hydrogen (secondary N) is 1. The van der Waals surface area contributed by atoms with E-state index in [9.17, 15) is 9.18 Å². The van der Waals surface area contributed by atoms with Crippen molar-refractivity contribution in [3.8, 4) is 0 Å². The van der Waals surface area contributed by atoms with Gasteiger partial charge in [-0.3, -0.25) is 4.79 Å². The monoisotopic (exact) mass is 305 g/mol. The van der Waals surface area contributed by atoms with Crippen LogP contribution in [0.3, 0.4) is 0 Å². The number of rotatable bonds is 4. The Kier molecular flexibility index (Phi) is 5.28. The summed E-state index contributed by atoms with van der Waals surface area (Å²) in [6.45, 7) is 2.63. The lowest BCUT2D eigenvalue weighted by Crippen LogP contribution is -2.29. The fourth-order valence-corrected chi connectivity index (χ4v) is 1.87. The number of thioether (sulfide) groups is 1. The van der Waals surface area contributed by atoms with Crippen LogP contribution in [0.1, 0.15) is 17.3 Å². The van der Waals surface area contributed by atoms with Crippen LogP contribution in [0.4, 0.5) is 4.39 Å². The van der Waals surface area contributed by atoms with Crippen molar-refractivity contribution in [1.82, 2.24) is 5.32 Å². The maximum absolute atomic E-state index is 12.8. The zero-order chi connectivity index (χ0) is 12.1. The highest BCUT2D eigenvalue weighted by Crippen LogP contribution is 2.17. The first-order valence-corrected chi connectivity index (χ1v) is 6.88. The molecule has 1 amide bonds. The Hall–Kier alpha value is -0.550. The van der Waals surface area contributed by atoms with E-state index < -0.39 is 0 Å². The van der Waals surface area contributed by atoms with Crippen molar-refractivity contribution in [2.75, 3.05) is 12.8 Å². The van der Waals surface area contributed by atoms with Crippen LogP contribution in [-0.4, -0.2) is 24.0 Å². The minimum absolute atomic E-state index is 0.187. The molecule has 1 rings (SSSR count). The molecule has 5 heteroatoms. The molecular weight excluding hydrogens is 293 g/mol. The predicted molar refractivity (Wildman–Crippen MR) is 69.4 cm³/mol. The molecule has 0 heterocycles. The summed E-state index contributed by atoms with van der Waals surface area (Å²) < 4.78 is 13.3. The van der Waals surface area contributed by atoms with Crippen molar-refractivity contribution in [2.45, 2.75) is 12.2 Å². The fraction of sp³-hybridized carbons (Fsp3) is 0.364. The van der Waals surface area contributed by atoms with Gasteiger partial charge in [0.1, 0.15) is 5.82 Å². The molecule has 16 heavy (non-hydrogen) atoms. The Labute approximate surface area is 107 Å². The molecule has 0 aromatic heterocycles. The van der Waals surface area contributed by atoms with Gasteiger partial charge in [0.15, 0.2) is 0 Å². The van der Waals surface area contributed by atoms with E-state index in [0.717, 1.165) is 0 Å². The van der Waals surface area contributed by atoms with Crippen LogP contribution in [0.25, 0.3) is 0 Å². The Morgan fingerprint density at radius 1 is 1.62 bits per heavy atom. The maximum Gasteiger partial charge on any atom is 0.252 e. The van der Waals surface area contributed by atoms with Gasteiger partial charge < -0.3 is 5.32 Å². The molecule has 1 atom stereocenters. The first-order chi connectivity index (χ1) is 7.54. The van der Waals surface area contributed by atoms with Crippen LogP contribution in [0, 0.1) is 5.82 Å². The second-order valence-electron chi connectivity index (χ2n) is 3.38. The van der Waals surface area contributed by atoms with Gasteiger partial charge >= 0.3 is 0 Å². The van der Waals surface area contributed by atoms with Crippen LogP contribution in [0.15, 0.2) is 22.7 Å². The molecule has 0 aliphatic rings. The maximum atomic E-state index is 12.8. The van der Waals surface area contributed by atoms with E-state index >= 15 is 0 Å². The molecule has 0 radical (unpaired) electrons. The van der Waals surface area contributed by atoms with Crippen molar-refractivity contribution >= 4 is 33.6 Å². The highest BCUT2D eigenvalue weighted by Gasteiger charge is 2.11. The van der Waals surface area contributed by atoms with Gasteiger partial charge in [-0.15, -0.1) is 0 Å². The average molecular weight is 306 g/mol. The Morgan fingerprint density at radius 3 is 2.88 bits per heavy atom. The van der Waals surface area contributed by atoms with Gasteiger partial charge in [-0.2, -0.15) is 11.8 Å². The van der Waals surface area contributed by atoms with Crippen molar-refractivity contribution in [3.05, 3.63) is 34.1 Å². The summed E-state index contributed by atoms with van der Waals surface area (Å²) in [5.74, 6) is -0.548. The predicted octanol–water partition coefficient (Wildman–Crippen LogP) is 3.07. The average Bonchev–Trinajstić information content (AvgIpc) is 2.25. The lowest BCUT2D eigenvalue weighted by Gasteiger charge is -2.10. The van der Waals surface area contributed by atoms with Crippen LogP contribution in [-0.2, 0) is 0 Å². The number of halogens is 2. The Morgan fingerprint density at radius 2 is 2.31 bits per heavy atom. The van der Waals surface area contributed by atoms with E-state index in [1.54, 1.807) is 11.8 Å². The number of hydrogen-bond donors (Lipinski definition) is 1. The van der Waals surface area contributed by atoms with Gasteiger partial charge in [0.25, 0.3) is 5.91 Å². The van der Waals surface area contributed by atoms with Gasteiger partial charge in [-0.25, -0.2) is 4.39 Å². The highest BCUT2D eigenvalue weighted by atomic mass is 79.9. The molecule has 1 unspecified atom stereocenters. The molecule has 0 fully saturated rings. The van der Waals surface area contributed by atoms with Gasteiger partial charge in [0.05, 0.1) is 5.56 Å². The number of benzene rings is 1. The van der Waals surface area contributed by atoms with Gasteiger partial charge in [0.2, 0.25) is 0 Å². The summed E-state index contributed by atoms with van der Waals surface area (Å²) in [6, 6.07) is 4.03. The molecule has 2 nitrogen and oxygen atoms in total. The smallest absolute Gasteiger partial charge is 0.252 e. The van der Waals surface area contributed by atoms with E-state index in [1.165, 1.54) is 18.2 Å². The lowest BCUT2D eigenvalue weighted by atomic mass is 10.2. The summed E-state index contributed by atoms with van der Waals surface area (Å²) in [4.78, 5) is 11.7. The lowest BCUT2D eigenvalue weighted by molar-refractivity contribution is 0.0953. The van der Waals surface area contributed by atoms with E-state index in [2.05, 4.69) is 21.2 Å². The second-order valence-corrected chi connectivity index (χ2v) is 5.51. The second kappa shape index (κ2) is 6.25. The zero-order valence-corrected chi connectivity index (χ0v) is 11.5. The zero-order valence-electron chi connectivity index (χ0n) is 9.09. The van der Waals surface area contributed by atoms with Gasteiger partial charge in [-0.05, 0) is 40.4 Å². The molecule has 88 valence electrons. The molecule has 0 spiro atoms. The quantitative estimate of drug-likeness (QED) is 0.926. The molecule has 1 aromatic rings. The van der Waals surface area contributed by atoms with Crippen LogP contribution < -0.4 is 5.32 Å². The topological polar surface area (TPSA) is 29.1 Å². The summed E-state index contributed by atoms with van der Waals surface area (Å²) in [5, 5.41) is 3.16. The molecule has 1 N–H and O–H groups in total. The summed E-state index contributed by atoms with van der Waals surface area (Å²) in [5.41, 5.74) is 0.453. The third kappa shape index (κ3) is 3.79. The summed E-state index contributed by atoms with van der Waals surface area (Å²) in [6.07, 6.45) is 1.99. The SMILES string of the molecule is CSC(C)CNC(=O)c1ccc(F)cc1Br. The summed E-state index contributed by atoms with van der Waals surface area (Å²) >= 11 is 4.85. The van der Waals surface area contributed by atoms with E-state index in [1.807, 2.05) is 13.2 Å². The molecular formula is C11H13BrFNOS. The normalized spacial score (nSPS) is 12.2. The van der Waals surface area contributed by atoms with E-state index in [-0.39, 0.29) is 11.7 Å². The third-order valence-electron chi connectivity index (χ3n) is 2.13. The van der Waals surface area contributed by atoms with Crippen LogP contribution in [0.2, 0.25) is 0 Å². The number of carbonyl (C=O) groups is 1. The Balaban J connectivity index is 2.66. The van der Waals surface area contributed by atoms with E-state index in [0.29, 0.717) is 21.8 Å². The molecule has 0 saturated heterocycles. The van der Waals surface area contributed by atoms with Crippen molar-refractivity contribution < 1.29 is 9.18 Å². The van der Waals surface area contributed by atoms with Gasteiger partial charge in [0, 0.05) is 16.3 Å². The molecule has 0 bridgehead atoms. The molecule has 0 aliphatic carbocycles. The molecule has 0 aliphatic heterocycles. The number of carbonyl (C=O) groups excluding carboxylic acids is 1. The van der Waals surface area contributed by atoms with Crippen molar-refractivity contribution in [1.29, 1.82) is 0 Å². The number of hydrogen-bond acceptors (Lipinski definition) is 2. The van der Waals surface area contributed by atoms with Crippen molar-refractivity contribution in [2.24, 2.45) is 0 Å². The number of amides is 1. The van der Waals surface area contributed by atoms with Crippen LogP contribution in [0.5, 0.6) is 0 Å². The fourth-order valence-electron chi connectivity index (χ4n) is 1.09. The summed E-state index contributed by atoms with van der Waals surface area (Å²) in [7, 11) is 0. The minimum atomic E-state index is -0.360. The van der Waals surface area contributed by atoms with Crippen LogP contribution >= 0.6 is 27.7 Å². The molecule has 1 aromatic carbocycles. The van der Waals surface area contributed by atoms with E-state index in [4.69, 9.17) is 0 Å². The van der Waals surface area contributed by atoms with Crippen molar-refractivity contribution in [3.63, 3.8) is 0 Å². The largest absolute Gasteiger partial charge is 0.351 e. The first kappa shape index (κ1) is 13.5. The first-order valence-electron chi connectivity index (χ1n) is 4.80. The Bertz CT molecular complexity index is 386. The standard InChI is InChI=1S/C11H13BrFNOS/c1-7(16-2)6-14-11(15)9-4-3-8(13)5-10(9)12/h3-5,7H,6H2,1-2H3,(H,14,15). The third-order valence-corrected chi connectivity index (χ3v) is 3.76. The minimum Gasteiger partial charge on any atom is -0.351 e.